The molecule has 0 aromatic heterocycles. The summed E-state index contributed by atoms with van der Waals surface area (Å²) < 4.78 is 5.37. The van der Waals surface area contributed by atoms with Gasteiger partial charge in [-0.3, -0.25) is 10.1 Å². The van der Waals surface area contributed by atoms with Crippen LogP contribution in [0.4, 0.5) is 4.79 Å². The van der Waals surface area contributed by atoms with Crippen LogP contribution < -0.4 is 10.6 Å². The summed E-state index contributed by atoms with van der Waals surface area (Å²) in [5.74, 6) is -1.35. The van der Waals surface area contributed by atoms with Crippen molar-refractivity contribution in [2.24, 2.45) is 0 Å². The Balaban J connectivity index is 2.21. The second-order valence-electron chi connectivity index (χ2n) is 5.31. The van der Waals surface area contributed by atoms with Crippen molar-refractivity contribution in [2.75, 3.05) is 7.05 Å². The van der Waals surface area contributed by atoms with Crippen molar-refractivity contribution in [1.82, 2.24) is 10.6 Å². The molecule has 1 atom stereocenters. The van der Waals surface area contributed by atoms with Gasteiger partial charge in [-0.2, -0.15) is 0 Å². The molecule has 0 aliphatic heterocycles. The molecule has 0 fully saturated rings. The molecule has 130 valence electrons. The smallest absolute Gasteiger partial charge is 0.339 e. The van der Waals surface area contributed by atoms with Crippen LogP contribution in [-0.4, -0.2) is 25.0 Å². The Morgan fingerprint density at radius 1 is 1.00 bits per heavy atom. The molecule has 2 aromatic carbocycles. The van der Waals surface area contributed by atoms with Crippen molar-refractivity contribution in [1.29, 1.82) is 0 Å². The van der Waals surface area contributed by atoms with E-state index in [9.17, 15) is 14.4 Å². The van der Waals surface area contributed by atoms with Gasteiger partial charge in [0.25, 0.3) is 5.91 Å². The van der Waals surface area contributed by atoms with Crippen molar-refractivity contribution in [3.05, 3.63) is 71.3 Å². The molecule has 2 aromatic rings. The molecule has 3 amide bonds. The van der Waals surface area contributed by atoms with E-state index in [1.165, 1.54) is 7.05 Å². The molecule has 0 aliphatic carbocycles. The molecule has 0 saturated carbocycles. The fourth-order valence-corrected chi connectivity index (χ4v) is 2.19. The van der Waals surface area contributed by atoms with E-state index in [0.717, 1.165) is 12.0 Å². The first kappa shape index (κ1) is 18.2. The minimum Gasteiger partial charge on any atom is -0.444 e. The number of hydrogen-bond donors (Lipinski definition) is 2. The Labute approximate surface area is 146 Å². The van der Waals surface area contributed by atoms with E-state index in [2.05, 4.69) is 10.6 Å². The van der Waals surface area contributed by atoms with Gasteiger partial charge in [-0.15, -0.1) is 0 Å². The largest absolute Gasteiger partial charge is 0.444 e. The molecule has 0 bridgehead atoms. The van der Waals surface area contributed by atoms with Crippen LogP contribution in [0.5, 0.6) is 0 Å². The number of esters is 1. The topological polar surface area (TPSA) is 84.5 Å². The number of amides is 3. The lowest BCUT2D eigenvalue weighted by Crippen LogP contribution is -2.41. The van der Waals surface area contributed by atoms with Gasteiger partial charge in [-0.25, -0.2) is 9.59 Å². The van der Waals surface area contributed by atoms with Crippen LogP contribution in [0.1, 0.15) is 34.5 Å². The van der Waals surface area contributed by atoms with Gasteiger partial charge in [0.2, 0.25) is 6.10 Å². The summed E-state index contributed by atoms with van der Waals surface area (Å²) >= 11 is 0. The zero-order chi connectivity index (χ0) is 18.2. The first-order valence-electron chi connectivity index (χ1n) is 7.92. The Kier molecular flexibility index (Phi) is 6.28. The molecule has 0 spiro atoms. The Morgan fingerprint density at radius 2 is 1.64 bits per heavy atom. The zero-order valence-corrected chi connectivity index (χ0v) is 14.1. The van der Waals surface area contributed by atoms with E-state index in [1.807, 2.05) is 19.1 Å². The third-order valence-electron chi connectivity index (χ3n) is 3.63. The highest BCUT2D eigenvalue weighted by Gasteiger charge is 2.26. The summed E-state index contributed by atoms with van der Waals surface area (Å²) in [4.78, 5) is 36.1. The van der Waals surface area contributed by atoms with E-state index < -0.39 is 24.0 Å². The summed E-state index contributed by atoms with van der Waals surface area (Å²) in [6, 6.07) is 14.8. The van der Waals surface area contributed by atoms with Crippen LogP contribution in [0.2, 0.25) is 0 Å². The first-order valence-corrected chi connectivity index (χ1v) is 7.92. The number of rotatable bonds is 5. The molecule has 0 heterocycles. The quantitative estimate of drug-likeness (QED) is 0.820. The number of ether oxygens (including phenoxy) is 1. The lowest BCUT2D eigenvalue weighted by Gasteiger charge is -2.17. The molecule has 0 unspecified atom stereocenters. The van der Waals surface area contributed by atoms with Gasteiger partial charge in [0, 0.05) is 12.6 Å². The second kappa shape index (κ2) is 8.63. The van der Waals surface area contributed by atoms with Crippen LogP contribution in [0.3, 0.4) is 0 Å². The number of hydrogen-bond acceptors (Lipinski definition) is 4. The van der Waals surface area contributed by atoms with Crippen molar-refractivity contribution in [2.45, 2.75) is 19.4 Å². The molecule has 2 N–H and O–H groups in total. The number of imide groups is 1. The SMILES string of the molecule is CCc1ccc(C(=O)O[C@H](C(=O)NC(=O)NC)c2ccccc2)cc1. The summed E-state index contributed by atoms with van der Waals surface area (Å²) in [7, 11) is 1.39. The third-order valence-corrected chi connectivity index (χ3v) is 3.63. The van der Waals surface area contributed by atoms with Crippen LogP contribution in [0.25, 0.3) is 0 Å². The predicted molar refractivity (Wildman–Crippen MR) is 93.0 cm³/mol. The van der Waals surface area contributed by atoms with Gasteiger partial charge in [-0.1, -0.05) is 49.4 Å². The Bertz CT molecular complexity index is 742. The molecule has 2 rings (SSSR count). The van der Waals surface area contributed by atoms with Gasteiger partial charge >= 0.3 is 12.0 Å². The fourth-order valence-electron chi connectivity index (χ4n) is 2.19. The second-order valence-corrected chi connectivity index (χ2v) is 5.31. The van der Waals surface area contributed by atoms with E-state index in [4.69, 9.17) is 4.74 Å². The van der Waals surface area contributed by atoms with Gasteiger partial charge in [0.15, 0.2) is 0 Å². The molecule has 6 nitrogen and oxygen atoms in total. The van der Waals surface area contributed by atoms with Crippen molar-refractivity contribution >= 4 is 17.9 Å². The highest BCUT2D eigenvalue weighted by Crippen LogP contribution is 2.20. The Morgan fingerprint density at radius 3 is 2.20 bits per heavy atom. The molecule has 0 saturated heterocycles. The predicted octanol–water partition coefficient (Wildman–Crippen LogP) is 2.60. The summed E-state index contributed by atoms with van der Waals surface area (Å²) in [5.41, 5.74) is 1.90. The monoisotopic (exact) mass is 340 g/mol. The molecule has 25 heavy (non-hydrogen) atoms. The van der Waals surface area contributed by atoms with Gasteiger partial charge in [0.1, 0.15) is 0 Å². The average Bonchev–Trinajstić information content (AvgIpc) is 2.66. The van der Waals surface area contributed by atoms with Crippen molar-refractivity contribution in [3.63, 3.8) is 0 Å². The maximum absolute atomic E-state index is 12.4. The van der Waals surface area contributed by atoms with Gasteiger partial charge < -0.3 is 10.1 Å². The van der Waals surface area contributed by atoms with Crippen LogP contribution in [-0.2, 0) is 16.0 Å². The summed E-state index contributed by atoms with van der Waals surface area (Å²) in [5, 5.41) is 4.43. The van der Waals surface area contributed by atoms with E-state index >= 15 is 0 Å². The lowest BCUT2D eigenvalue weighted by atomic mass is 10.1. The van der Waals surface area contributed by atoms with Crippen LogP contribution in [0.15, 0.2) is 54.6 Å². The van der Waals surface area contributed by atoms with Crippen LogP contribution in [0, 0.1) is 0 Å². The number of carbonyl (C=O) groups is 3. The number of benzene rings is 2. The summed E-state index contributed by atoms with van der Waals surface area (Å²) in [6.07, 6.45) is -0.367. The van der Waals surface area contributed by atoms with E-state index in [-0.39, 0.29) is 0 Å². The summed E-state index contributed by atoms with van der Waals surface area (Å²) in [6.45, 7) is 2.02. The van der Waals surface area contributed by atoms with Gasteiger partial charge in [-0.05, 0) is 24.1 Å². The zero-order valence-electron chi connectivity index (χ0n) is 14.1. The standard InChI is InChI=1S/C19H20N2O4/c1-3-13-9-11-15(12-10-13)18(23)25-16(14-7-5-4-6-8-14)17(22)21-19(24)20-2/h4-12,16H,3H2,1-2H3,(H2,20,21,22,24)/t16-/m0/s1. The molecular weight excluding hydrogens is 320 g/mol. The fraction of sp³-hybridized carbons (Fsp3) is 0.211. The number of nitrogens with one attached hydrogen (secondary N) is 2. The Hall–Kier alpha value is -3.15. The lowest BCUT2D eigenvalue weighted by molar-refractivity contribution is -0.129. The molecule has 0 radical (unpaired) electrons. The number of carbonyl (C=O) groups excluding carboxylic acids is 3. The maximum Gasteiger partial charge on any atom is 0.339 e. The highest BCUT2D eigenvalue weighted by molar-refractivity contribution is 5.99. The minimum absolute atomic E-state index is 0.339. The van der Waals surface area contributed by atoms with E-state index in [1.54, 1.807) is 42.5 Å². The number of aryl methyl sites for hydroxylation is 1. The first-order chi connectivity index (χ1) is 12.0. The van der Waals surface area contributed by atoms with Crippen molar-refractivity contribution in [3.8, 4) is 0 Å². The highest BCUT2D eigenvalue weighted by atomic mass is 16.5. The molecule has 6 heteroatoms. The van der Waals surface area contributed by atoms with E-state index in [0.29, 0.717) is 11.1 Å². The minimum atomic E-state index is -1.23. The third kappa shape index (κ3) is 4.91. The van der Waals surface area contributed by atoms with Crippen LogP contribution >= 0.6 is 0 Å². The number of urea groups is 1. The van der Waals surface area contributed by atoms with Gasteiger partial charge in [0.05, 0.1) is 5.56 Å². The molecular formula is C19H20N2O4. The average molecular weight is 340 g/mol. The molecule has 0 aliphatic rings. The normalized spacial score (nSPS) is 11.3. The van der Waals surface area contributed by atoms with Crippen molar-refractivity contribution < 1.29 is 19.1 Å². The maximum atomic E-state index is 12.4.